The Morgan fingerprint density at radius 3 is 2.69 bits per heavy atom. The van der Waals surface area contributed by atoms with Gasteiger partial charge in [0.1, 0.15) is 6.04 Å². The van der Waals surface area contributed by atoms with Gasteiger partial charge in [0.15, 0.2) is 5.82 Å². The van der Waals surface area contributed by atoms with Crippen molar-refractivity contribution in [2.75, 3.05) is 13.1 Å². The summed E-state index contributed by atoms with van der Waals surface area (Å²) in [5.41, 5.74) is 0. The third kappa shape index (κ3) is 5.68. The van der Waals surface area contributed by atoms with E-state index in [4.69, 9.17) is 4.52 Å². The van der Waals surface area contributed by atoms with E-state index in [1.165, 1.54) is 32.1 Å². The van der Waals surface area contributed by atoms with E-state index in [0.717, 1.165) is 31.8 Å². The van der Waals surface area contributed by atoms with Gasteiger partial charge in [-0.05, 0) is 57.5 Å². The highest BCUT2D eigenvalue weighted by Crippen LogP contribution is 2.31. The number of aromatic nitrogens is 2. The van der Waals surface area contributed by atoms with Crippen LogP contribution in [0.1, 0.15) is 88.9 Å². The third-order valence-corrected chi connectivity index (χ3v) is 5.82. The fraction of sp³-hybridized carbons (Fsp3) is 0.842. The second kappa shape index (κ2) is 10.3. The minimum absolute atomic E-state index is 0. The molecule has 2 fully saturated rings. The van der Waals surface area contributed by atoms with Crippen LogP contribution in [0, 0.1) is 11.8 Å². The predicted molar refractivity (Wildman–Crippen MR) is 103 cm³/mol. The molecule has 0 spiro atoms. The largest absolute Gasteiger partial charge is 0.345 e. The van der Waals surface area contributed by atoms with E-state index in [-0.39, 0.29) is 24.4 Å². The van der Waals surface area contributed by atoms with Crippen molar-refractivity contribution in [3.05, 3.63) is 11.7 Å². The van der Waals surface area contributed by atoms with E-state index < -0.39 is 0 Å². The highest BCUT2D eigenvalue weighted by Gasteiger charge is 2.25. The molecular weight excluding hydrogens is 352 g/mol. The summed E-state index contributed by atoms with van der Waals surface area (Å²) in [6, 6.07) is -0.228. The van der Waals surface area contributed by atoms with Gasteiger partial charge in [-0.3, -0.25) is 4.79 Å². The zero-order chi connectivity index (χ0) is 17.6. The van der Waals surface area contributed by atoms with Crippen LogP contribution in [0.3, 0.4) is 0 Å². The Labute approximate surface area is 162 Å². The number of piperidine rings is 1. The molecule has 26 heavy (non-hydrogen) atoms. The van der Waals surface area contributed by atoms with Crippen LogP contribution in [0.15, 0.2) is 4.52 Å². The number of hydrogen-bond donors (Lipinski definition) is 2. The van der Waals surface area contributed by atoms with Crippen LogP contribution in [0.25, 0.3) is 0 Å². The van der Waals surface area contributed by atoms with E-state index in [2.05, 4.69) is 27.7 Å². The van der Waals surface area contributed by atoms with Gasteiger partial charge >= 0.3 is 0 Å². The Hall–Kier alpha value is -1.14. The Morgan fingerprint density at radius 2 is 2.00 bits per heavy atom. The molecule has 148 valence electrons. The summed E-state index contributed by atoms with van der Waals surface area (Å²) in [6.07, 6.45) is 9.07. The molecule has 1 aromatic rings. The topological polar surface area (TPSA) is 80.0 Å². The molecular formula is C19H33ClN4O2. The Bertz CT molecular complexity index is 553. The van der Waals surface area contributed by atoms with Gasteiger partial charge in [0.25, 0.3) is 0 Å². The first-order chi connectivity index (χ1) is 12.1. The van der Waals surface area contributed by atoms with Crippen molar-refractivity contribution in [3.8, 4) is 0 Å². The van der Waals surface area contributed by atoms with E-state index >= 15 is 0 Å². The maximum atomic E-state index is 12.4. The Balaban J connectivity index is 0.00000243. The summed E-state index contributed by atoms with van der Waals surface area (Å²) in [4.78, 5) is 16.9. The lowest BCUT2D eigenvalue weighted by atomic mass is 9.85. The molecule has 1 amide bonds. The molecule has 2 aliphatic rings. The van der Waals surface area contributed by atoms with Gasteiger partial charge in [-0.25, -0.2) is 0 Å². The highest BCUT2D eigenvalue weighted by atomic mass is 35.5. The summed E-state index contributed by atoms with van der Waals surface area (Å²) >= 11 is 0. The molecule has 3 atom stereocenters. The monoisotopic (exact) mass is 384 g/mol. The van der Waals surface area contributed by atoms with Crippen molar-refractivity contribution < 1.29 is 9.32 Å². The molecule has 3 rings (SSSR count). The van der Waals surface area contributed by atoms with Crippen LogP contribution >= 0.6 is 12.4 Å². The fourth-order valence-electron chi connectivity index (χ4n) is 4.14. The normalized spacial score (nSPS) is 23.7. The van der Waals surface area contributed by atoms with Crippen LogP contribution in [0.4, 0.5) is 0 Å². The molecule has 6 nitrogen and oxygen atoms in total. The van der Waals surface area contributed by atoms with E-state index in [9.17, 15) is 4.79 Å². The van der Waals surface area contributed by atoms with Crippen molar-refractivity contribution in [1.82, 2.24) is 20.8 Å². The second-order valence-electron chi connectivity index (χ2n) is 7.90. The minimum Gasteiger partial charge on any atom is -0.345 e. The van der Waals surface area contributed by atoms with E-state index in [1.54, 1.807) is 0 Å². The molecule has 3 unspecified atom stereocenters. The Kier molecular flexibility index (Phi) is 8.35. The molecule has 1 aliphatic carbocycles. The predicted octanol–water partition coefficient (Wildman–Crippen LogP) is 3.74. The summed E-state index contributed by atoms with van der Waals surface area (Å²) < 4.78 is 5.42. The molecule has 1 saturated carbocycles. The summed E-state index contributed by atoms with van der Waals surface area (Å²) in [5, 5.41) is 10.6. The SMILES string of the molecule is CC(NC(=O)CC(C)C1CCCNC1)c1nc(C2CCCCC2)no1.Cl. The zero-order valence-electron chi connectivity index (χ0n) is 16.0. The molecule has 1 aromatic heterocycles. The number of rotatable bonds is 6. The first kappa shape index (κ1) is 21.2. The maximum absolute atomic E-state index is 12.4. The van der Waals surface area contributed by atoms with Gasteiger partial charge in [0.2, 0.25) is 11.8 Å². The number of hydrogen-bond acceptors (Lipinski definition) is 5. The van der Waals surface area contributed by atoms with E-state index in [1.807, 2.05) is 6.92 Å². The van der Waals surface area contributed by atoms with Crippen molar-refractivity contribution in [3.63, 3.8) is 0 Å². The molecule has 1 aliphatic heterocycles. The first-order valence-electron chi connectivity index (χ1n) is 9.97. The number of nitrogens with zero attached hydrogens (tertiary/aromatic N) is 2. The van der Waals surface area contributed by atoms with Crippen LogP contribution in [0.2, 0.25) is 0 Å². The first-order valence-corrected chi connectivity index (χ1v) is 9.97. The van der Waals surface area contributed by atoms with Gasteiger partial charge in [0.05, 0.1) is 0 Å². The van der Waals surface area contributed by atoms with Crippen LogP contribution in [0.5, 0.6) is 0 Å². The molecule has 0 radical (unpaired) electrons. The van der Waals surface area contributed by atoms with Crippen molar-refractivity contribution in [2.45, 2.75) is 77.2 Å². The second-order valence-corrected chi connectivity index (χ2v) is 7.90. The van der Waals surface area contributed by atoms with Gasteiger partial charge in [0, 0.05) is 12.3 Å². The van der Waals surface area contributed by atoms with Gasteiger partial charge in [-0.1, -0.05) is 31.3 Å². The Morgan fingerprint density at radius 1 is 1.23 bits per heavy atom. The highest BCUT2D eigenvalue weighted by molar-refractivity contribution is 5.85. The number of amides is 1. The summed E-state index contributed by atoms with van der Waals surface area (Å²) in [7, 11) is 0. The third-order valence-electron chi connectivity index (χ3n) is 5.82. The zero-order valence-corrected chi connectivity index (χ0v) is 16.8. The lowest BCUT2D eigenvalue weighted by Crippen LogP contribution is -2.36. The fourth-order valence-corrected chi connectivity index (χ4v) is 4.14. The van der Waals surface area contributed by atoms with Crippen molar-refractivity contribution in [1.29, 1.82) is 0 Å². The van der Waals surface area contributed by atoms with Crippen LogP contribution in [-0.2, 0) is 4.79 Å². The lowest BCUT2D eigenvalue weighted by molar-refractivity contribution is -0.123. The van der Waals surface area contributed by atoms with Gasteiger partial charge < -0.3 is 15.2 Å². The number of carbonyl (C=O) groups excluding carboxylic acids is 1. The van der Waals surface area contributed by atoms with Crippen LogP contribution in [-0.4, -0.2) is 29.1 Å². The number of carbonyl (C=O) groups is 1. The molecule has 2 heterocycles. The molecule has 0 aromatic carbocycles. The average molecular weight is 385 g/mol. The average Bonchev–Trinajstić information content (AvgIpc) is 3.13. The maximum Gasteiger partial charge on any atom is 0.248 e. The van der Waals surface area contributed by atoms with Gasteiger partial charge in [-0.15, -0.1) is 12.4 Å². The van der Waals surface area contributed by atoms with Gasteiger partial charge in [-0.2, -0.15) is 4.98 Å². The van der Waals surface area contributed by atoms with Crippen LogP contribution < -0.4 is 10.6 Å². The summed E-state index contributed by atoms with van der Waals surface area (Å²) in [6.45, 7) is 6.23. The number of halogens is 1. The van der Waals surface area contributed by atoms with Crippen molar-refractivity contribution >= 4 is 18.3 Å². The quantitative estimate of drug-likeness (QED) is 0.780. The number of nitrogens with one attached hydrogen (secondary N) is 2. The summed E-state index contributed by atoms with van der Waals surface area (Å²) in [5.74, 6) is 2.82. The molecule has 0 bridgehead atoms. The molecule has 7 heteroatoms. The van der Waals surface area contributed by atoms with E-state index in [0.29, 0.717) is 30.1 Å². The lowest BCUT2D eigenvalue weighted by Gasteiger charge is -2.28. The molecule has 2 N–H and O–H groups in total. The smallest absolute Gasteiger partial charge is 0.248 e. The standard InChI is InChI=1S/C19H32N4O2.ClH/c1-13(16-9-6-10-20-12-16)11-17(24)21-14(2)19-22-18(23-25-19)15-7-4-3-5-8-15;/h13-16,20H,3-12H2,1-2H3,(H,21,24);1H. The van der Waals surface area contributed by atoms with Crippen molar-refractivity contribution in [2.24, 2.45) is 11.8 Å². The minimum atomic E-state index is -0.228. The molecule has 1 saturated heterocycles.